The standard InChI is InChI=1S/C14H21N3O3S.ClH/c1-13(2,3)17-21(19,20)11-6-4-5-10(9-11)16-12(18)14(15)7-8-14;/h4-6,9,17H,7-8,15H2,1-3H3,(H,16,18);1H. The molecule has 0 atom stereocenters. The highest BCUT2D eigenvalue weighted by atomic mass is 35.5. The minimum Gasteiger partial charge on any atom is -0.324 e. The van der Waals surface area contributed by atoms with Crippen LogP contribution in [-0.2, 0) is 14.8 Å². The SMILES string of the molecule is CC(C)(C)NS(=O)(=O)c1cccc(NC(=O)C2(N)CC2)c1.Cl. The molecule has 0 unspecified atom stereocenters. The number of hydrogen-bond acceptors (Lipinski definition) is 4. The van der Waals surface area contributed by atoms with Gasteiger partial charge in [0.1, 0.15) is 0 Å². The van der Waals surface area contributed by atoms with Gasteiger partial charge in [-0.15, -0.1) is 12.4 Å². The zero-order valence-corrected chi connectivity index (χ0v) is 14.5. The second-order valence-corrected chi connectivity index (χ2v) is 8.18. The third kappa shape index (κ3) is 4.67. The van der Waals surface area contributed by atoms with Crippen molar-refractivity contribution >= 4 is 34.0 Å². The van der Waals surface area contributed by atoms with E-state index in [-0.39, 0.29) is 23.2 Å². The molecule has 0 spiro atoms. The van der Waals surface area contributed by atoms with E-state index in [1.165, 1.54) is 12.1 Å². The molecule has 2 rings (SSSR count). The van der Waals surface area contributed by atoms with Crippen LogP contribution in [-0.4, -0.2) is 25.4 Å². The van der Waals surface area contributed by atoms with Gasteiger partial charge >= 0.3 is 0 Å². The van der Waals surface area contributed by atoms with Gasteiger partial charge in [0.05, 0.1) is 10.4 Å². The molecule has 4 N–H and O–H groups in total. The molecule has 6 nitrogen and oxygen atoms in total. The number of carbonyl (C=O) groups is 1. The smallest absolute Gasteiger partial charge is 0.244 e. The fourth-order valence-corrected chi connectivity index (χ4v) is 3.28. The molecule has 1 aromatic rings. The average Bonchev–Trinajstić information content (AvgIpc) is 3.06. The van der Waals surface area contributed by atoms with Crippen LogP contribution >= 0.6 is 12.4 Å². The molecule has 0 heterocycles. The highest BCUT2D eigenvalue weighted by Crippen LogP contribution is 2.33. The molecule has 1 amide bonds. The van der Waals surface area contributed by atoms with Crippen molar-refractivity contribution in [1.29, 1.82) is 0 Å². The number of halogens is 1. The normalized spacial score (nSPS) is 16.5. The zero-order valence-electron chi connectivity index (χ0n) is 12.8. The predicted molar refractivity (Wildman–Crippen MR) is 88.5 cm³/mol. The minimum atomic E-state index is -3.63. The van der Waals surface area contributed by atoms with Crippen LogP contribution in [0, 0.1) is 0 Å². The Morgan fingerprint density at radius 1 is 1.27 bits per heavy atom. The number of nitrogens with one attached hydrogen (secondary N) is 2. The maximum absolute atomic E-state index is 12.2. The molecule has 1 aliphatic carbocycles. The number of rotatable bonds is 4. The first kappa shape index (κ1) is 18.9. The van der Waals surface area contributed by atoms with Crippen molar-refractivity contribution in [2.45, 2.75) is 49.6 Å². The van der Waals surface area contributed by atoms with Gasteiger partial charge in [0.25, 0.3) is 0 Å². The number of amides is 1. The molecule has 1 fully saturated rings. The average molecular weight is 348 g/mol. The van der Waals surface area contributed by atoms with E-state index in [1.807, 2.05) is 0 Å². The van der Waals surface area contributed by atoms with Gasteiger partial charge in [0, 0.05) is 11.2 Å². The van der Waals surface area contributed by atoms with Crippen molar-refractivity contribution in [3.05, 3.63) is 24.3 Å². The predicted octanol–water partition coefficient (Wildman–Crippen LogP) is 1.61. The Morgan fingerprint density at radius 2 is 1.86 bits per heavy atom. The molecule has 124 valence electrons. The van der Waals surface area contributed by atoms with Gasteiger partial charge < -0.3 is 11.1 Å². The Balaban J connectivity index is 0.00000242. The molecule has 0 saturated heterocycles. The van der Waals surface area contributed by atoms with E-state index < -0.39 is 21.1 Å². The first-order chi connectivity index (χ1) is 9.52. The minimum absolute atomic E-state index is 0. The third-order valence-corrected chi connectivity index (χ3v) is 4.84. The lowest BCUT2D eigenvalue weighted by molar-refractivity contribution is -0.118. The van der Waals surface area contributed by atoms with Crippen LogP contribution in [0.4, 0.5) is 5.69 Å². The zero-order chi connectivity index (χ0) is 15.9. The lowest BCUT2D eigenvalue weighted by atomic mass is 10.1. The van der Waals surface area contributed by atoms with Crippen molar-refractivity contribution in [3.63, 3.8) is 0 Å². The Hall–Kier alpha value is -1.15. The summed E-state index contributed by atoms with van der Waals surface area (Å²) < 4.78 is 27.1. The highest BCUT2D eigenvalue weighted by Gasteiger charge is 2.45. The van der Waals surface area contributed by atoms with Crippen molar-refractivity contribution in [2.24, 2.45) is 5.73 Å². The first-order valence-electron chi connectivity index (χ1n) is 6.76. The second kappa shape index (κ2) is 6.16. The molecular formula is C14H22ClN3O3S. The van der Waals surface area contributed by atoms with Crippen LogP contribution in [0.5, 0.6) is 0 Å². The summed E-state index contributed by atoms with van der Waals surface area (Å²) in [6.07, 6.45) is 1.31. The molecule has 0 aliphatic heterocycles. The van der Waals surface area contributed by atoms with Crippen molar-refractivity contribution in [1.82, 2.24) is 4.72 Å². The summed E-state index contributed by atoms with van der Waals surface area (Å²) in [5, 5.41) is 2.66. The quantitative estimate of drug-likeness (QED) is 0.770. The van der Waals surface area contributed by atoms with Crippen molar-refractivity contribution < 1.29 is 13.2 Å². The first-order valence-corrected chi connectivity index (χ1v) is 8.25. The largest absolute Gasteiger partial charge is 0.324 e. The molecular weight excluding hydrogens is 326 g/mol. The van der Waals surface area contributed by atoms with Gasteiger partial charge in [0.2, 0.25) is 15.9 Å². The Bertz CT molecular complexity index is 664. The van der Waals surface area contributed by atoms with Gasteiger partial charge in [0.15, 0.2) is 0 Å². The maximum atomic E-state index is 12.2. The second-order valence-electron chi connectivity index (χ2n) is 6.49. The molecule has 1 aromatic carbocycles. The van der Waals surface area contributed by atoms with Gasteiger partial charge in [-0.2, -0.15) is 0 Å². The topological polar surface area (TPSA) is 101 Å². The maximum Gasteiger partial charge on any atom is 0.244 e. The summed E-state index contributed by atoms with van der Waals surface area (Å²) >= 11 is 0. The molecule has 0 radical (unpaired) electrons. The molecule has 1 saturated carbocycles. The number of sulfonamides is 1. The van der Waals surface area contributed by atoms with Crippen LogP contribution in [0.3, 0.4) is 0 Å². The van der Waals surface area contributed by atoms with Gasteiger partial charge in [-0.25, -0.2) is 13.1 Å². The molecule has 0 bridgehead atoms. The lowest BCUT2D eigenvalue weighted by Crippen LogP contribution is -2.40. The van der Waals surface area contributed by atoms with Gasteiger partial charge in [-0.1, -0.05) is 6.07 Å². The Kier molecular flexibility index (Phi) is 5.29. The van der Waals surface area contributed by atoms with E-state index >= 15 is 0 Å². The van der Waals surface area contributed by atoms with E-state index in [2.05, 4.69) is 10.0 Å². The summed E-state index contributed by atoms with van der Waals surface area (Å²) in [7, 11) is -3.63. The van der Waals surface area contributed by atoms with Crippen molar-refractivity contribution in [2.75, 3.05) is 5.32 Å². The van der Waals surface area contributed by atoms with Crippen molar-refractivity contribution in [3.8, 4) is 0 Å². The molecule has 22 heavy (non-hydrogen) atoms. The number of nitrogens with two attached hydrogens (primary N) is 1. The highest BCUT2D eigenvalue weighted by molar-refractivity contribution is 7.89. The number of anilines is 1. The number of carbonyl (C=O) groups excluding carboxylic acids is 1. The van der Waals surface area contributed by atoms with Gasteiger partial charge in [-0.05, 0) is 51.8 Å². The summed E-state index contributed by atoms with van der Waals surface area (Å²) in [6.45, 7) is 5.30. The number of hydrogen-bond donors (Lipinski definition) is 3. The van der Waals surface area contributed by atoms with E-state index in [0.29, 0.717) is 18.5 Å². The summed E-state index contributed by atoms with van der Waals surface area (Å²) in [5.74, 6) is -0.277. The van der Waals surface area contributed by atoms with Crippen LogP contribution in [0.2, 0.25) is 0 Å². The van der Waals surface area contributed by atoms with E-state index in [9.17, 15) is 13.2 Å². The Labute approximate surface area is 137 Å². The lowest BCUT2D eigenvalue weighted by Gasteiger charge is -2.20. The monoisotopic (exact) mass is 347 g/mol. The fourth-order valence-electron chi connectivity index (χ4n) is 1.82. The third-order valence-electron chi connectivity index (χ3n) is 3.08. The number of benzene rings is 1. The van der Waals surface area contributed by atoms with E-state index in [4.69, 9.17) is 5.73 Å². The summed E-state index contributed by atoms with van der Waals surface area (Å²) in [4.78, 5) is 12.0. The van der Waals surface area contributed by atoms with Crippen LogP contribution in [0.25, 0.3) is 0 Å². The van der Waals surface area contributed by atoms with Crippen LogP contribution in [0.15, 0.2) is 29.2 Å². The van der Waals surface area contributed by atoms with E-state index in [0.717, 1.165) is 0 Å². The van der Waals surface area contributed by atoms with E-state index in [1.54, 1.807) is 32.9 Å². The van der Waals surface area contributed by atoms with Gasteiger partial charge in [-0.3, -0.25) is 4.79 Å². The van der Waals surface area contributed by atoms with Crippen LogP contribution < -0.4 is 15.8 Å². The summed E-state index contributed by atoms with van der Waals surface area (Å²) in [6, 6.07) is 6.14. The Morgan fingerprint density at radius 3 is 2.36 bits per heavy atom. The molecule has 8 heteroatoms. The van der Waals surface area contributed by atoms with Crippen LogP contribution in [0.1, 0.15) is 33.6 Å². The fraction of sp³-hybridized carbons (Fsp3) is 0.500. The molecule has 1 aliphatic rings. The summed E-state index contributed by atoms with van der Waals surface area (Å²) in [5.41, 5.74) is 4.86. The molecule has 0 aromatic heterocycles.